The lowest BCUT2D eigenvalue weighted by atomic mass is 10.1. The number of carbonyl (C=O) groups excluding carboxylic acids is 1. The van der Waals surface area contributed by atoms with E-state index >= 15 is 0 Å². The Labute approximate surface area is 131 Å². The number of aryl methyl sites for hydroxylation is 2. The Morgan fingerprint density at radius 2 is 1.77 bits per heavy atom. The minimum atomic E-state index is -0.0528. The first-order valence-electron chi connectivity index (χ1n) is 7.45. The molecule has 0 heterocycles. The number of anilines is 1. The number of carbonyl (C=O) groups is 1. The Balaban J connectivity index is 2.20. The van der Waals surface area contributed by atoms with Crippen LogP contribution in [0.15, 0.2) is 42.5 Å². The number of ether oxygens (including phenoxy) is 1. The van der Waals surface area contributed by atoms with Gasteiger partial charge >= 0.3 is 0 Å². The molecule has 0 saturated carbocycles. The SMILES string of the molecule is Cc1cccc(C)c1Oc1ccccc1NC(=O)CCCN. The van der Waals surface area contributed by atoms with E-state index in [9.17, 15) is 4.79 Å². The van der Waals surface area contributed by atoms with Crippen LogP contribution in [0.25, 0.3) is 0 Å². The molecule has 0 atom stereocenters. The summed E-state index contributed by atoms with van der Waals surface area (Å²) in [4.78, 5) is 11.9. The van der Waals surface area contributed by atoms with Gasteiger partial charge in [0, 0.05) is 6.42 Å². The van der Waals surface area contributed by atoms with Crippen LogP contribution in [0.1, 0.15) is 24.0 Å². The van der Waals surface area contributed by atoms with E-state index in [-0.39, 0.29) is 5.91 Å². The second kappa shape index (κ2) is 7.61. The molecular weight excluding hydrogens is 276 g/mol. The lowest BCUT2D eigenvalue weighted by Gasteiger charge is -2.15. The van der Waals surface area contributed by atoms with E-state index in [4.69, 9.17) is 10.5 Å². The van der Waals surface area contributed by atoms with Gasteiger partial charge in [0.25, 0.3) is 0 Å². The molecule has 0 bridgehead atoms. The van der Waals surface area contributed by atoms with E-state index < -0.39 is 0 Å². The zero-order valence-electron chi connectivity index (χ0n) is 13.1. The fraction of sp³-hybridized carbons (Fsp3) is 0.278. The number of para-hydroxylation sites is 3. The average Bonchev–Trinajstić information content (AvgIpc) is 2.50. The highest BCUT2D eigenvalue weighted by Crippen LogP contribution is 2.33. The molecule has 1 amide bonds. The molecule has 0 aliphatic carbocycles. The fourth-order valence-electron chi connectivity index (χ4n) is 2.20. The van der Waals surface area contributed by atoms with Gasteiger partial charge in [-0.3, -0.25) is 4.79 Å². The lowest BCUT2D eigenvalue weighted by molar-refractivity contribution is -0.116. The molecular formula is C18H22N2O2. The molecule has 0 spiro atoms. The van der Waals surface area contributed by atoms with Gasteiger partial charge in [-0.25, -0.2) is 0 Å². The molecule has 2 aromatic carbocycles. The predicted octanol–water partition coefficient (Wildman–Crippen LogP) is 3.77. The second-order valence-corrected chi connectivity index (χ2v) is 5.26. The first-order valence-corrected chi connectivity index (χ1v) is 7.45. The van der Waals surface area contributed by atoms with Crippen LogP contribution in [0.5, 0.6) is 11.5 Å². The van der Waals surface area contributed by atoms with Crippen LogP contribution in [-0.4, -0.2) is 12.5 Å². The molecule has 4 heteroatoms. The van der Waals surface area contributed by atoms with Crippen LogP contribution in [0.3, 0.4) is 0 Å². The maximum Gasteiger partial charge on any atom is 0.224 e. The summed E-state index contributed by atoms with van der Waals surface area (Å²) in [5.74, 6) is 1.41. The highest BCUT2D eigenvalue weighted by molar-refractivity contribution is 5.92. The van der Waals surface area contributed by atoms with Crippen molar-refractivity contribution >= 4 is 11.6 Å². The number of rotatable bonds is 6. The molecule has 2 aromatic rings. The maximum atomic E-state index is 11.9. The fourth-order valence-corrected chi connectivity index (χ4v) is 2.20. The van der Waals surface area contributed by atoms with Crippen LogP contribution in [0.2, 0.25) is 0 Å². The average molecular weight is 298 g/mol. The summed E-state index contributed by atoms with van der Waals surface area (Å²) in [5, 5.41) is 2.89. The zero-order valence-corrected chi connectivity index (χ0v) is 13.1. The molecule has 0 fully saturated rings. The normalized spacial score (nSPS) is 10.3. The Morgan fingerprint density at radius 3 is 2.45 bits per heavy atom. The van der Waals surface area contributed by atoms with Gasteiger partial charge in [0.15, 0.2) is 5.75 Å². The quantitative estimate of drug-likeness (QED) is 0.853. The van der Waals surface area contributed by atoms with Gasteiger partial charge in [-0.2, -0.15) is 0 Å². The number of hydrogen-bond donors (Lipinski definition) is 2. The van der Waals surface area contributed by atoms with Gasteiger partial charge in [0.05, 0.1) is 5.69 Å². The van der Waals surface area contributed by atoms with Crippen LogP contribution in [-0.2, 0) is 4.79 Å². The van der Waals surface area contributed by atoms with Crippen molar-refractivity contribution in [3.05, 3.63) is 53.6 Å². The predicted molar refractivity (Wildman–Crippen MR) is 89.4 cm³/mol. The van der Waals surface area contributed by atoms with Crippen molar-refractivity contribution in [1.29, 1.82) is 0 Å². The molecule has 3 N–H and O–H groups in total. The third-order valence-electron chi connectivity index (χ3n) is 3.39. The molecule has 4 nitrogen and oxygen atoms in total. The van der Waals surface area contributed by atoms with E-state index in [1.165, 1.54) is 0 Å². The van der Waals surface area contributed by atoms with Gasteiger partial charge in [-0.15, -0.1) is 0 Å². The van der Waals surface area contributed by atoms with Gasteiger partial charge in [-0.1, -0.05) is 30.3 Å². The summed E-state index contributed by atoms with van der Waals surface area (Å²) in [7, 11) is 0. The summed E-state index contributed by atoms with van der Waals surface area (Å²) in [6.07, 6.45) is 1.08. The molecule has 0 aliphatic heterocycles. The number of nitrogens with two attached hydrogens (primary N) is 1. The summed E-state index contributed by atoms with van der Waals surface area (Å²) in [5.41, 5.74) is 8.22. The summed E-state index contributed by atoms with van der Waals surface area (Å²) in [6, 6.07) is 13.5. The molecule has 22 heavy (non-hydrogen) atoms. The molecule has 2 rings (SSSR count). The topological polar surface area (TPSA) is 64.3 Å². The van der Waals surface area contributed by atoms with Crippen molar-refractivity contribution in [2.75, 3.05) is 11.9 Å². The lowest BCUT2D eigenvalue weighted by Crippen LogP contribution is -2.13. The number of amides is 1. The minimum absolute atomic E-state index is 0.0528. The standard InChI is InChI=1S/C18H22N2O2/c1-13-7-5-8-14(2)18(13)22-16-10-4-3-9-15(16)20-17(21)11-6-12-19/h3-5,7-10H,6,11-12,19H2,1-2H3,(H,20,21). The van der Waals surface area contributed by atoms with E-state index in [0.29, 0.717) is 30.8 Å². The van der Waals surface area contributed by atoms with E-state index in [1.807, 2.05) is 56.3 Å². The largest absolute Gasteiger partial charge is 0.455 e. The van der Waals surface area contributed by atoms with E-state index in [0.717, 1.165) is 16.9 Å². The Morgan fingerprint density at radius 1 is 1.09 bits per heavy atom. The highest BCUT2D eigenvalue weighted by atomic mass is 16.5. The Kier molecular flexibility index (Phi) is 5.55. The van der Waals surface area contributed by atoms with Gasteiger partial charge < -0.3 is 15.8 Å². The van der Waals surface area contributed by atoms with Crippen molar-refractivity contribution in [2.45, 2.75) is 26.7 Å². The molecule has 0 saturated heterocycles. The second-order valence-electron chi connectivity index (χ2n) is 5.26. The molecule has 0 radical (unpaired) electrons. The first kappa shape index (κ1) is 16.0. The summed E-state index contributed by atoms with van der Waals surface area (Å²) < 4.78 is 6.04. The third kappa shape index (κ3) is 4.09. The van der Waals surface area contributed by atoms with Crippen molar-refractivity contribution in [1.82, 2.24) is 0 Å². The maximum absolute atomic E-state index is 11.9. The van der Waals surface area contributed by atoms with Gasteiger partial charge in [0.1, 0.15) is 5.75 Å². The van der Waals surface area contributed by atoms with Crippen molar-refractivity contribution in [3.8, 4) is 11.5 Å². The summed E-state index contributed by atoms with van der Waals surface area (Å²) in [6.45, 7) is 4.52. The first-order chi connectivity index (χ1) is 10.6. The number of benzene rings is 2. The number of nitrogens with one attached hydrogen (secondary N) is 1. The molecule has 0 aromatic heterocycles. The van der Waals surface area contributed by atoms with Gasteiger partial charge in [0.2, 0.25) is 5.91 Å². The monoisotopic (exact) mass is 298 g/mol. The zero-order chi connectivity index (χ0) is 15.9. The van der Waals surface area contributed by atoms with Crippen LogP contribution in [0, 0.1) is 13.8 Å². The molecule has 0 unspecified atom stereocenters. The number of hydrogen-bond acceptors (Lipinski definition) is 3. The Hall–Kier alpha value is -2.33. The van der Waals surface area contributed by atoms with Crippen LogP contribution < -0.4 is 15.8 Å². The smallest absolute Gasteiger partial charge is 0.224 e. The van der Waals surface area contributed by atoms with E-state index in [1.54, 1.807) is 0 Å². The minimum Gasteiger partial charge on any atom is -0.455 e. The summed E-state index contributed by atoms with van der Waals surface area (Å²) >= 11 is 0. The van der Waals surface area contributed by atoms with Crippen LogP contribution in [0.4, 0.5) is 5.69 Å². The van der Waals surface area contributed by atoms with Crippen molar-refractivity contribution in [3.63, 3.8) is 0 Å². The van der Waals surface area contributed by atoms with E-state index in [2.05, 4.69) is 5.32 Å². The van der Waals surface area contributed by atoms with Crippen molar-refractivity contribution < 1.29 is 9.53 Å². The highest BCUT2D eigenvalue weighted by Gasteiger charge is 2.10. The third-order valence-corrected chi connectivity index (χ3v) is 3.39. The van der Waals surface area contributed by atoms with Crippen LogP contribution >= 0.6 is 0 Å². The molecule has 116 valence electrons. The molecule has 0 aliphatic rings. The van der Waals surface area contributed by atoms with Gasteiger partial charge in [-0.05, 0) is 50.1 Å². The Bertz CT molecular complexity index is 633. The van der Waals surface area contributed by atoms with Crippen molar-refractivity contribution in [2.24, 2.45) is 5.73 Å².